The van der Waals surface area contributed by atoms with E-state index in [0.29, 0.717) is 10.6 Å². The minimum atomic E-state index is -1.27. The van der Waals surface area contributed by atoms with Crippen molar-refractivity contribution in [2.24, 2.45) is 0 Å². The van der Waals surface area contributed by atoms with E-state index in [2.05, 4.69) is 10.3 Å². The van der Waals surface area contributed by atoms with Crippen molar-refractivity contribution in [3.8, 4) is 0 Å². The minimum absolute atomic E-state index is 0.248. The summed E-state index contributed by atoms with van der Waals surface area (Å²) in [4.78, 5) is 20.8. The first kappa shape index (κ1) is 20.0. The molecule has 140 valence electrons. The van der Waals surface area contributed by atoms with Crippen molar-refractivity contribution in [2.45, 2.75) is 13.0 Å². The number of nitrogens with one attached hydrogen (secondary N) is 2. The second kappa shape index (κ2) is 8.86. The Kier molecular flexibility index (Phi) is 6.81. The van der Waals surface area contributed by atoms with Crippen LogP contribution in [0.5, 0.6) is 0 Å². The predicted molar refractivity (Wildman–Crippen MR) is 90.1 cm³/mol. The Balaban J connectivity index is 2.29. The molecule has 0 aliphatic carbocycles. The maximum atomic E-state index is 14.3. The summed E-state index contributed by atoms with van der Waals surface area (Å²) >= 11 is 5.95. The van der Waals surface area contributed by atoms with Crippen LogP contribution in [0.25, 0.3) is 0 Å². The van der Waals surface area contributed by atoms with Gasteiger partial charge in [0.05, 0.1) is 34.8 Å². The van der Waals surface area contributed by atoms with Crippen LogP contribution in [0.15, 0.2) is 24.5 Å². The van der Waals surface area contributed by atoms with Gasteiger partial charge in [-0.15, -0.1) is 0 Å². The topological polar surface area (TPSA) is 104 Å². The molecule has 0 saturated heterocycles. The third-order valence-corrected chi connectivity index (χ3v) is 3.79. The normalized spacial score (nSPS) is 11.9. The lowest BCUT2D eigenvalue weighted by molar-refractivity contribution is -0.0295. The maximum Gasteiger partial charge on any atom is 0.277 e. The van der Waals surface area contributed by atoms with Gasteiger partial charge in [0.1, 0.15) is 12.7 Å². The molecular weight excluding hydrogens is 372 g/mol. The number of hydrogen-bond acceptors (Lipinski definition) is 6. The first-order valence-corrected chi connectivity index (χ1v) is 7.79. The first-order valence-electron chi connectivity index (χ1n) is 7.41. The molecule has 0 saturated carbocycles. The van der Waals surface area contributed by atoms with Gasteiger partial charge in [-0.05, 0) is 24.6 Å². The van der Waals surface area contributed by atoms with Gasteiger partial charge in [0.2, 0.25) is 0 Å². The standard InChI is InChI=1S/C16H16ClF2N3O4/c1-8-11(17)4-20-5-13(8)21-15-10(2-3-12(18)14(15)19)16(25)22-26-7-9(24)6-23/h2-5,9,21,23-24H,6-7H2,1H3,(H,22,25)/t9-/m1/s1. The average molecular weight is 388 g/mol. The Labute approximate surface area is 152 Å². The first-order chi connectivity index (χ1) is 12.3. The number of anilines is 2. The van der Waals surface area contributed by atoms with Crippen molar-refractivity contribution in [3.05, 3.63) is 52.3 Å². The van der Waals surface area contributed by atoms with E-state index in [1.54, 1.807) is 6.92 Å². The molecule has 0 spiro atoms. The van der Waals surface area contributed by atoms with Crippen LogP contribution in [0.2, 0.25) is 5.02 Å². The van der Waals surface area contributed by atoms with Crippen molar-refractivity contribution >= 4 is 28.9 Å². The molecule has 7 nitrogen and oxygen atoms in total. The molecule has 2 rings (SSSR count). The summed E-state index contributed by atoms with van der Waals surface area (Å²) < 4.78 is 27.9. The van der Waals surface area contributed by atoms with Gasteiger partial charge in [0.25, 0.3) is 5.91 Å². The van der Waals surface area contributed by atoms with Crippen molar-refractivity contribution in [1.29, 1.82) is 0 Å². The van der Waals surface area contributed by atoms with Gasteiger partial charge in [-0.3, -0.25) is 14.6 Å². The zero-order valence-corrected chi connectivity index (χ0v) is 14.3. The smallest absolute Gasteiger partial charge is 0.277 e. The van der Waals surface area contributed by atoms with Gasteiger partial charge in [0.15, 0.2) is 11.6 Å². The summed E-state index contributed by atoms with van der Waals surface area (Å²) in [6.45, 7) is 0.698. The van der Waals surface area contributed by atoms with Crippen LogP contribution in [-0.2, 0) is 4.84 Å². The molecule has 0 fully saturated rings. The molecule has 0 bridgehead atoms. The molecular formula is C16H16ClF2N3O4. The SMILES string of the molecule is Cc1c(Cl)cncc1Nc1c(C(=O)NOC[C@H](O)CO)ccc(F)c1F. The lowest BCUT2D eigenvalue weighted by Crippen LogP contribution is -2.30. The molecule has 1 aromatic heterocycles. The van der Waals surface area contributed by atoms with E-state index < -0.39 is 35.9 Å². The maximum absolute atomic E-state index is 14.3. The summed E-state index contributed by atoms with van der Waals surface area (Å²) in [5.41, 5.74) is 2.12. The Morgan fingerprint density at radius 1 is 1.38 bits per heavy atom. The number of rotatable bonds is 7. The Morgan fingerprint density at radius 3 is 2.81 bits per heavy atom. The van der Waals surface area contributed by atoms with Gasteiger partial charge < -0.3 is 15.5 Å². The fraction of sp³-hybridized carbons (Fsp3) is 0.250. The highest BCUT2D eigenvalue weighted by Crippen LogP contribution is 2.29. The zero-order chi connectivity index (χ0) is 19.3. The summed E-state index contributed by atoms with van der Waals surface area (Å²) in [5.74, 6) is -3.31. The highest BCUT2D eigenvalue weighted by Gasteiger charge is 2.20. The van der Waals surface area contributed by atoms with Crippen molar-refractivity contribution in [2.75, 3.05) is 18.5 Å². The lowest BCUT2D eigenvalue weighted by atomic mass is 10.1. The number of halogens is 3. The van der Waals surface area contributed by atoms with Gasteiger partial charge in [0, 0.05) is 6.20 Å². The monoisotopic (exact) mass is 387 g/mol. The molecule has 1 amide bonds. The molecule has 0 radical (unpaired) electrons. The third-order valence-electron chi connectivity index (χ3n) is 3.40. The molecule has 0 aliphatic rings. The predicted octanol–water partition coefficient (Wildman–Crippen LogP) is 2.08. The number of pyridine rings is 1. The van der Waals surface area contributed by atoms with Crippen molar-refractivity contribution in [1.82, 2.24) is 10.5 Å². The van der Waals surface area contributed by atoms with E-state index in [1.165, 1.54) is 12.4 Å². The lowest BCUT2D eigenvalue weighted by Gasteiger charge is -2.15. The Hall–Kier alpha value is -2.33. The molecule has 2 aromatic rings. The fourth-order valence-corrected chi connectivity index (χ4v) is 2.09. The number of carbonyl (C=O) groups excluding carboxylic acids is 1. The van der Waals surface area contributed by atoms with Crippen LogP contribution < -0.4 is 10.8 Å². The van der Waals surface area contributed by atoms with E-state index in [1.807, 2.05) is 5.48 Å². The Bertz CT molecular complexity index is 807. The van der Waals surface area contributed by atoms with E-state index in [-0.39, 0.29) is 17.9 Å². The van der Waals surface area contributed by atoms with Crippen LogP contribution in [-0.4, -0.2) is 40.4 Å². The molecule has 1 atom stereocenters. The summed E-state index contributed by atoms with van der Waals surface area (Å²) in [7, 11) is 0. The quantitative estimate of drug-likeness (QED) is 0.542. The average Bonchev–Trinajstić information content (AvgIpc) is 2.62. The van der Waals surface area contributed by atoms with E-state index >= 15 is 0 Å². The second-order valence-electron chi connectivity index (χ2n) is 5.28. The van der Waals surface area contributed by atoms with E-state index in [0.717, 1.165) is 12.1 Å². The second-order valence-corrected chi connectivity index (χ2v) is 5.69. The largest absolute Gasteiger partial charge is 0.394 e. The van der Waals surface area contributed by atoms with Crippen LogP contribution >= 0.6 is 11.6 Å². The van der Waals surface area contributed by atoms with Gasteiger partial charge >= 0.3 is 0 Å². The number of aliphatic hydroxyl groups is 2. The molecule has 4 N–H and O–H groups in total. The highest BCUT2D eigenvalue weighted by atomic mass is 35.5. The number of carbonyl (C=O) groups is 1. The number of amides is 1. The summed E-state index contributed by atoms with van der Waals surface area (Å²) in [6, 6.07) is 1.86. The van der Waals surface area contributed by atoms with Crippen LogP contribution in [0.1, 0.15) is 15.9 Å². The summed E-state index contributed by atoms with van der Waals surface area (Å²) in [6.07, 6.45) is 1.54. The van der Waals surface area contributed by atoms with Gasteiger partial charge in [-0.25, -0.2) is 14.3 Å². The Morgan fingerprint density at radius 2 is 2.12 bits per heavy atom. The van der Waals surface area contributed by atoms with Crippen LogP contribution in [0.4, 0.5) is 20.2 Å². The molecule has 26 heavy (non-hydrogen) atoms. The zero-order valence-electron chi connectivity index (χ0n) is 13.6. The number of hydroxylamine groups is 1. The number of aliphatic hydroxyl groups excluding tert-OH is 2. The number of hydrogen-bond donors (Lipinski definition) is 4. The van der Waals surface area contributed by atoms with Crippen molar-refractivity contribution < 1.29 is 28.6 Å². The van der Waals surface area contributed by atoms with Gasteiger partial charge in [-0.1, -0.05) is 11.6 Å². The molecule has 0 aliphatic heterocycles. The molecule has 1 aromatic carbocycles. The minimum Gasteiger partial charge on any atom is -0.394 e. The van der Waals surface area contributed by atoms with Gasteiger partial charge in [-0.2, -0.15) is 0 Å². The number of benzene rings is 1. The van der Waals surface area contributed by atoms with Crippen molar-refractivity contribution in [3.63, 3.8) is 0 Å². The van der Waals surface area contributed by atoms with Crippen LogP contribution in [0.3, 0.4) is 0 Å². The highest BCUT2D eigenvalue weighted by molar-refractivity contribution is 6.31. The van der Waals surface area contributed by atoms with E-state index in [9.17, 15) is 13.6 Å². The number of nitrogens with zero attached hydrogens (tertiary/aromatic N) is 1. The van der Waals surface area contributed by atoms with E-state index in [4.69, 9.17) is 26.7 Å². The van der Waals surface area contributed by atoms with Crippen LogP contribution in [0, 0.1) is 18.6 Å². The molecule has 0 unspecified atom stereocenters. The number of aromatic nitrogens is 1. The summed E-state index contributed by atoms with van der Waals surface area (Å²) in [5, 5.41) is 20.8. The fourth-order valence-electron chi connectivity index (χ4n) is 1.93. The third kappa shape index (κ3) is 4.64. The molecule has 10 heteroatoms. The molecule has 1 heterocycles.